The average molecular weight is 752 g/mol. The van der Waals surface area contributed by atoms with Gasteiger partial charge in [-0.15, -0.1) is 0 Å². The molecule has 0 aliphatic rings. The summed E-state index contributed by atoms with van der Waals surface area (Å²) < 4.78 is 121. The van der Waals surface area contributed by atoms with Crippen LogP contribution in [0.4, 0.5) is 17.1 Å². The minimum atomic E-state index is -0.705. The fourth-order valence-electron chi connectivity index (χ4n) is 7.61. The molecule has 0 bridgehead atoms. The van der Waals surface area contributed by atoms with E-state index in [1.54, 1.807) is 60.7 Å². The lowest BCUT2D eigenvalue weighted by molar-refractivity contribution is 0.670. The highest BCUT2D eigenvalue weighted by molar-refractivity contribution is 6.09. The Labute approximate surface area is 354 Å². The number of para-hydroxylation sites is 2. The normalized spacial score (nSPS) is 14.3. The topological polar surface area (TPSA) is 16.4 Å². The third kappa shape index (κ3) is 6.00. The minimum absolute atomic E-state index is 0.0504. The van der Waals surface area contributed by atoms with Gasteiger partial charge in [-0.05, 0) is 115 Å². The van der Waals surface area contributed by atoms with E-state index in [0.717, 1.165) is 37.6 Å². The maximum absolute atomic E-state index is 9.67. The van der Waals surface area contributed by atoms with Crippen molar-refractivity contribution in [2.24, 2.45) is 0 Å². The zero-order chi connectivity index (χ0) is 48.9. The van der Waals surface area contributed by atoms with Crippen LogP contribution in [0.3, 0.4) is 0 Å². The zero-order valence-corrected chi connectivity index (χ0v) is 30.8. The highest BCUT2D eigenvalue weighted by atomic mass is 16.3. The summed E-state index contributed by atoms with van der Waals surface area (Å²) in [5.41, 5.74) is 1.44. The van der Waals surface area contributed by atoms with Crippen LogP contribution in [0.15, 0.2) is 229 Å². The van der Waals surface area contributed by atoms with E-state index < -0.39 is 89.6 Å². The van der Waals surface area contributed by atoms with E-state index in [1.807, 2.05) is 91.0 Å². The maximum Gasteiger partial charge on any atom is 0.143 e. The van der Waals surface area contributed by atoms with E-state index in [1.165, 1.54) is 0 Å². The van der Waals surface area contributed by atoms with Crippen molar-refractivity contribution >= 4 is 60.5 Å². The lowest BCUT2D eigenvalue weighted by Gasteiger charge is -2.26. The van der Waals surface area contributed by atoms with Crippen LogP contribution in [0.1, 0.15) is 16.4 Å². The van der Waals surface area contributed by atoms with Gasteiger partial charge in [0, 0.05) is 33.4 Å². The maximum atomic E-state index is 9.67. The Kier molecular flexibility index (Phi) is 5.70. The molecular weight excluding hydrogens is 703 g/mol. The Bertz CT molecular complexity index is 3920. The van der Waals surface area contributed by atoms with Crippen molar-refractivity contribution < 1.29 is 20.9 Å². The third-order valence-electron chi connectivity index (χ3n) is 10.5. The molecule has 0 saturated heterocycles. The second-order valence-electron chi connectivity index (χ2n) is 14.0. The van der Waals surface area contributed by atoms with Crippen molar-refractivity contribution in [2.45, 2.75) is 0 Å². The molecule has 0 atom stereocenters. The Morgan fingerprint density at radius 2 is 0.828 bits per heavy atom. The third-order valence-corrected chi connectivity index (χ3v) is 10.5. The summed E-state index contributed by atoms with van der Waals surface area (Å²) in [5.74, 6) is 0. The molecule has 1 aromatic heterocycles. The molecule has 272 valence electrons. The fourth-order valence-corrected chi connectivity index (χ4v) is 7.61. The highest BCUT2D eigenvalue weighted by Gasteiger charge is 2.16. The summed E-state index contributed by atoms with van der Waals surface area (Å²) >= 11 is 0. The van der Waals surface area contributed by atoms with Crippen LogP contribution in [0.5, 0.6) is 0 Å². The number of nitrogens with zero attached hydrogens (tertiary/aromatic N) is 1. The monoisotopic (exact) mass is 751 g/mol. The second-order valence-corrected chi connectivity index (χ2v) is 14.0. The van der Waals surface area contributed by atoms with E-state index in [2.05, 4.69) is 0 Å². The fraction of sp³-hybridized carbons (Fsp3) is 0. The Balaban J connectivity index is 1.17. The van der Waals surface area contributed by atoms with Gasteiger partial charge >= 0.3 is 0 Å². The molecule has 0 N–H and O–H groups in total. The van der Waals surface area contributed by atoms with Crippen LogP contribution in [-0.4, -0.2) is 0 Å². The first-order valence-electron chi connectivity index (χ1n) is 24.9. The van der Waals surface area contributed by atoms with Gasteiger partial charge in [0.1, 0.15) is 11.2 Å². The summed E-state index contributed by atoms with van der Waals surface area (Å²) in [6, 6.07) is 38.7. The largest absolute Gasteiger partial charge is 0.455 e. The lowest BCUT2D eigenvalue weighted by Crippen LogP contribution is -2.09. The summed E-state index contributed by atoms with van der Waals surface area (Å²) in [6.45, 7) is 0. The Hall–Kier alpha value is -7.68. The molecule has 0 aliphatic heterocycles. The minimum Gasteiger partial charge on any atom is -0.455 e. The molecule has 0 amide bonds. The lowest BCUT2D eigenvalue weighted by atomic mass is 9.97. The van der Waals surface area contributed by atoms with Crippen molar-refractivity contribution in [3.05, 3.63) is 224 Å². The van der Waals surface area contributed by atoms with Gasteiger partial charge < -0.3 is 9.32 Å². The smallest absolute Gasteiger partial charge is 0.143 e. The van der Waals surface area contributed by atoms with Crippen molar-refractivity contribution in [2.75, 3.05) is 4.90 Å². The Morgan fingerprint density at radius 3 is 1.57 bits per heavy atom. The molecule has 0 saturated carbocycles. The predicted octanol–water partition coefficient (Wildman–Crippen LogP) is 16.0. The van der Waals surface area contributed by atoms with Gasteiger partial charge in [0.2, 0.25) is 0 Å². The number of benzene rings is 10. The van der Waals surface area contributed by atoms with E-state index in [4.69, 9.17) is 4.42 Å². The van der Waals surface area contributed by atoms with Crippen molar-refractivity contribution in [1.29, 1.82) is 0 Å². The zero-order valence-electron chi connectivity index (χ0n) is 42.8. The molecule has 0 spiro atoms. The van der Waals surface area contributed by atoms with E-state index in [-0.39, 0.29) is 22.3 Å². The predicted molar refractivity (Wildman–Crippen MR) is 245 cm³/mol. The summed E-state index contributed by atoms with van der Waals surface area (Å²) in [7, 11) is 0. The van der Waals surface area contributed by atoms with Crippen molar-refractivity contribution in [1.82, 2.24) is 0 Å². The van der Waals surface area contributed by atoms with Gasteiger partial charge in [-0.3, -0.25) is 0 Å². The average Bonchev–Trinajstić information content (AvgIpc) is 3.77. The number of rotatable bonds is 7. The molecule has 0 aliphatic carbocycles. The van der Waals surface area contributed by atoms with Crippen molar-refractivity contribution in [3.63, 3.8) is 0 Å². The van der Waals surface area contributed by atoms with Gasteiger partial charge in [-0.1, -0.05) is 170 Å². The van der Waals surface area contributed by atoms with Gasteiger partial charge in [0.05, 0.1) is 16.4 Å². The number of fused-ring (bicyclic) bond motifs is 5. The molecule has 2 heteroatoms. The van der Waals surface area contributed by atoms with E-state index in [9.17, 15) is 16.4 Å². The molecule has 0 radical (unpaired) electrons. The molecule has 11 rings (SSSR count). The molecule has 2 nitrogen and oxygen atoms in total. The van der Waals surface area contributed by atoms with Gasteiger partial charge in [0.25, 0.3) is 0 Å². The quantitative estimate of drug-likeness (QED) is 0.161. The first-order valence-corrected chi connectivity index (χ1v) is 18.9. The van der Waals surface area contributed by atoms with Crippen LogP contribution in [0.25, 0.3) is 88.0 Å². The number of hydrogen-bond acceptors (Lipinski definition) is 2. The molecule has 11 aromatic rings. The van der Waals surface area contributed by atoms with Crippen LogP contribution in [-0.2, 0) is 0 Å². The van der Waals surface area contributed by atoms with Crippen molar-refractivity contribution in [3.8, 4) is 44.5 Å². The SMILES string of the molecule is [2H]c1c([2H])c(N(c2c([2H])c([2H])c(-c3cccc4ccccc34)c([2H])c2[2H])c2c([2H])c([2H])c(-c3cccc4c3oc3ccccc34)c([2H])c2[2H])c([2H])c([2H])c1-c1cccc(-c2ccc3ccccc3c2)c1. The van der Waals surface area contributed by atoms with Crippen LogP contribution in [0.2, 0.25) is 0 Å². The van der Waals surface area contributed by atoms with Crippen LogP contribution in [0, 0.1) is 0 Å². The Morgan fingerprint density at radius 1 is 0.328 bits per heavy atom. The van der Waals surface area contributed by atoms with Gasteiger partial charge in [0.15, 0.2) is 0 Å². The molecule has 1 heterocycles. The first kappa shape index (κ1) is 23.4. The standard InChI is InChI=1S/C56H37NO/c1-2-12-43-37-46(23-22-38(43)10-1)45-15-7-14-44(36-45)39-24-30-47(31-25-39)57(48-32-26-41(27-33-48)51-18-8-13-40-11-3-4-16-50(40)51)49-34-28-42(29-35-49)52-19-9-20-54-53-17-5-6-21-55(53)58-56(52)54/h1-37H/i24D,25D,26D,27D,28D,29D,30D,31D,32D,33D,34D,35D. The molecule has 58 heavy (non-hydrogen) atoms. The number of anilines is 3. The number of furan rings is 1. The first-order chi connectivity index (χ1) is 33.8. The number of hydrogen-bond donors (Lipinski definition) is 0. The van der Waals surface area contributed by atoms with Gasteiger partial charge in [-0.25, -0.2) is 0 Å². The van der Waals surface area contributed by atoms with Crippen LogP contribution < -0.4 is 4.90 Å². The molecule has 0 fully saturated rings. The van der Waals surface area contributed by atoms with E-state index >= 15 is 0 Å². The van der Waals surface area contributed by atoms with E-state index in [0.29, 0.717) is 33.1 Å². The molecule has 0 unspecified atom stereocenters. The summed E-state index contributed by atoms with van der Waals surface area (Å²) in [6.07, 6.45) is 0. The summed E-state index contributed by atoms with van der Waals surface area (Å²) in [5, 5.41) is 4.96. The second kappa shape index (κ2) is 14.1. The molecular formula is C56H37NO. The molecule has 10 aromatic carbocycles. The van der Waals surface area contributed by atoms with Gasteiger partial charge in [-0.2, -0.15) is 0 Å². The summed E-state index contributed by atoms with van der Waals surface area (Å²) in [4.78, 5) is 0.843. The van der Waals surface area contributed by atoms with Crippen LogP contribution >= 0.6 is 0 Å². The highest BCUT2D eigenvalue weighted by Crippen LogP contribution is 2.41.